The number of para-hydroxylation sites is 1. The lowest BCUT2D eigenvalue weighted by atomic mass is 9.95. The molecule has 9 nitrogen and oxygen atoms in total. The van der Waals surface area contributed by atoms with Crippen molar-refractivity contribution in [1.29, 1.82) is 0 Å². The fourth-order valence-electron chi connectivity index (χ4n) is 3.85. The van der Waals surface area contributed by atoms with E-state index in [2.05, 4.69) is 15.4 Å². The molecule has 0 saturated carbocycles. The van der Waals surface area contributed by atoms with Crippen LogP contribution in [0.1, 0.15) is 19.3 Å². The number of esters is 1. The normalized spacial score (nSPS) is 20.4. The summed E-state index contributed by atoms with van der Waals surface area (Å²) < 4.78 is 4.67. The lowest BCUT2D eigenvalue weighted by Crippen LogP contribution is -2.58. The molecule has 0 spiro atoms. The molecule has 2 fully saturated rings. The summed E-state index contributed by atoms with van der Waals surface area (Å²) in [4.78, 5) is 52.5. The van der Waals surface area contributed by atoms with Crippen molar-refractivity contribution in [3.05, 3.63) is 30.3 Å². The first-order valence-corrected chi connectivity index (χ1v) is 10.2. The van der Waals surface area contributed by atoms with E-state index in [1.807, 2.05) is 30.3 Å². The molecule has 2 heterocycles. The van der Waals surface area contributed by atoms with Crippen molar-refractivity contribution < 1.29 is 23.9 Å². The molecule has 1 aromatic carbocycles. The average molecular weight is 416 g/mol. The van der Waals surface area contributed by atoms with Crippen molar-refractivity contribution in [3.63, 3.8) is 0 Å². The Kier molecular flexibility index (Phi) is 7.40. The van der Waals surface area contributed by atoms with Gasteiger partial charge in [0.05, 0.1) is 20.1 Å². The number of benzene rings is 1. The topological polar surface area (TPSA) is 108 Å². The third-order valence-corrected chi connectivity index (χ3v) is 5.63. The van der Waals surface area contributed by atoms with Gasteiger partial charge < -0.3 is 20.3 Å². The molecular formula is C21H28N4O5. The number of hydrogen-bond acceptors (Lipinski definition) is 6. The van der Waals surface area contributed by atoms with Crippen molar-refractivity contribution in [1.82, 2.24) is 15.1 Å². The molecule has 3 amide bonds. The Bertz CT molecular complexity index is 777. The number of anilines is 1. The van der Waals surface area contributed by atoms with Gasteiger partial charge in [0.15, 0.2) is 0 Å². The third-order valence-electron chi connectivity index (χ3n) is 5.63. The second-order valence-corrected chi connectivity index (χ2v) is 7.57. The zero-order valence-electron chi connectivity index (χ0n) is 17.1. The van der Waals surface area contributed by atoms with Gasteiger partial charge in [-0.2, -0.15) is 0 Å². The largest absolute Gasteiger partial charge is 0.469 e. The van der Waals surface area contributed by atoms with E-state index in [0.29, 0.717) is 39.0 Å². The lowest BCUT2D eigenvalue weighted by Gasteiger charge is -2.37. The fourth-order valence-corrected chi connectivity index (χ4v) is 3.85. The maximum absolute atomic E-state index is 12.8. The van der Waals surface area contributed by atoms with Gasteiger partial charge in [0.25, 0.3) is 0 Å². The predicted octanol–water partition coefficient (Wildman–Crippen LogP) is 0.227. The molecule has 2 aliphatic heterocycles. The molecule has 30 heavy (non-hydrogen) atoms. The molecule has 9 heteroatoms. The number of rotatable bonds is 6. The van der Waals surface area contributed by atoms with Crippen molar-refractivity contribution in [2.24, 2.45) is 5.92 Å². The number of amides is 3. The van der Waals surface area contributed by atoms with Gasteiger partial charge in [-0.25, -0.2) is 0 Å². The summed E-state index contributed by atoms with van der Waals surface area (Å²) in [6.45, 7) is 1.98. The van der Waals surface area contributed by atoms with Gasteiger partial charge in [-0.3, -0.25) is 24.1 Å². The van der Waals surface area contributed by atoms with E-state index in [1.54, 1.807) is 9.80 Å². The molecule has 0 aliphatic carbocycles. The summed E-state index contributed by atoms with van der Waals surface area (Å²) in [5.41, 5.74) is 0.765. The Labute approximate surface area is 175 Å². The van der Waals surface area contributed by atoms with Gasteiger partial charge in [0.1, 0.15) is 6.04 Å². The van der Waals surface area contributed by atoms with Crippen LogP contribution in [0, 0.1) is 5.92 Å². The number of piperazine rings is 1. The Balaban J connectivity index is 1.50. The molecule has 162 valence electrons. The number of piperidine rings is 1. The van der Waals surface area contributed by atoms with E-state index in [1.165, 1.54) is 7.11 Å². The molecular weight excluding hydrogens is 388 g/mol. The number of likely N-dealkylation sites (tertiary alicyclic amines) is 1. The molecule has 0 radical (unpaired) electrons. The molecule has 2 aliphatic rings. The summed E-state index contributed by atoms with van der Waals surface area (Å²) in [6.07, 6.45) is 1.10. The van der Waals surface area contributed by atoms with Crippen LogP contribution in [0.25, 0.3) is 0 Å². The van der Waals surface area contributed by atoms with Crippen LogP contribution in [0.3, 0.4) is 0 Å². The van der Waals surface area contributed by atoms with Crippen molar-refractivity contribution >= 4 is 29.4 Å². The van der Waals surface area contributed by atoms with Crippen LogP contribution in [0.4, 0.5) is 5.69 Å². The monoisotopic (exact) mass is 416 g/mol. The highest BCUT2D eigenvalue weighted by molar-refractivity contribution is 5.93. The minimum Gasteiger partial charge on any atom is -0.469 e. The quantitative estimate of drug-likeness (QED) is 0.643. The van der Waals surface area contributed by atoms with Gasteiger partial charge in [0, 0.05) is 37.8 Å². The van der Waals surface area contributed by atoms with Crippen LogP contribution >= 0.6 is 0 Å². The van der Waals surface area contributed by atoms with E-state index in [4.69, 9.17) is 0 Å². The summed E-state index contributed by atoms with van der Waals surface area (Å²) >= 11 is 0. The van der Waals surface area contributed by atoms with Crippen LogP contribution in [-0.2, 0) is 23.9 Å². The fraction of sp³-hybridized carbons (Fsp3) is 0.524. The SMILES string of the molecule is COC(=O)CC1C(=O)NCCN1CC(=O)N1CCC(C(=O)Nc2ccccc2)CC1. The molecule has 0 bridgehead atoms. The minimum absolute atomic E-state index is 0.0286. The van der Waals surface area contributed by atoms with Gasteiger partial charge >= 0.3 is 5.97 Å². The standard InChI is InChI=1S/C21H28N4O5/c1-30-19(27)13-17-21(29)22-9-12-25(17)14-18(26)24-10-7-15(8-11-24)20(28)23-16-5-3-2-4-6-16/h2-6,15,17H,7-14H2,1H3,(H,22,29)(H,23,28). The number of carbonyl (C=O) groups is 4. The Morgan fingerprint density at radius 1 is 1.13 bits per heavy atom. The maximum atomic E-state index is 12.8. The second kappa shape index (κ2) is 10.2. The van der Waals surface area contributed by atoms with Gasteiger partial charge in [-0.15, -0.1) is 0 Å². The number of carbonyl (C=O) groups excluding carboxylic acids is 4. The van der Waals surface area contributed by atoms with Crippen LogP contribution in [0.5, 0.6) is 0 Å². The Morgan fingerprint density at radius 3 is 2.50 bits per heavy atom. The van der Waals surface area contributed by atoms with Crippen LogP contribution in [0.2, 0.25) is 0 Å². The van der Waals surface area contributed by atoms with Crippen molar-refractivity contribution in [3.8, 4) is 0 Å². The zero-order valence-corrected chi connectivity index (χ0v) is 17.1. The molecule has 2 N–H and O–H groups in total. The van der Waals surface area contributed by atoms with E-state index in [0.717, 1.165) is 5.69 Å². The van der Waals surface area contributed by atoms with Gasteiger partial charge in [-0.1, -0.05) is 18.2 Å². The predicted molar refractivity (Wildman–Crippen MR) is 109 cm³/mol. The molecule has 1 aromatic rings. The first-order chi connectivity index (χ1) is 14.5. The molecule has 1 unspecified atom stereocenters. The average Bonchev–Trinajstić information content (AvgIpc) is 2.76. The molecule has 1 atom stereocenters. The summed E-state index contributed by atoms with van der Waals surface area (Å²) in [7, 11) is 1.27. The highest BCUT2D eigenvalue weighted by atomic mass is 16.5. The summed E-state index contributed by atoms with van der Waals surface area (Å²) in [5, 5.41) is 5.64. The number of ether oxygens (including phenoxy) is 1. The number of nitrogens with zero attached hydrogens (tertiary/aromatic N) is 2. The van der Waals surface area contributed by atoms with Crippen molar-refractivity contribution in [2.45, 2.75) is 25.3 Å². The third kappa shape index (κ3) is 5.56. The highest BCUT2D eigenvalue weighted by Gasteiger charge is 2.35. The molecule has 3 rings (SSSR count). The van der Waals surface area contributed by atoms with Crippen LogP contribution in [0.15, 0.2) is 30.3 Å². The first-order valence-electron chi connectivity index (χ1n) is 10.2. The maximum Gasteiger partial charge on any atom is 0.307 e. The Hall–Kier alpha value is -2.94. The van der Waals surface area contributed by atoms with E-state index in [9.17, 15) is 19.2 Å². The summed E-state index contributed by atoms with van der Waals surface area (Å²) in [6, 6.07) is 8.61. The molecule has 0 aromatic heterocycles. The lowest BCUT2D eigenvalue weighted by molar-refractivity contribution is -0.147. The number of hydrogen-bond donors (Lipinski definition) is 2. The Morgan fingerprint density at radius 2 is 1.83 bits per heavy atom. The van der Waals surface area contributed by atoms with Gasteiger partial charge in [0.2, 0.25) is 17.7 Å². The highest BCUT2D eigenvalue weighted by Crippen LogP contribution is 2.20. The van der Waals surface area contributed by atoms with Crippen LogP contribution < -0.4 is 10.6 Å². The zero-order chi connectivity index (χ0) is 21.5. The first kappa shape index (κ1) is 21.8. The van der Waals surface area contributed by atoms with E-state index in [-0.39, 0.29) is 36.6 Å². The number of methoxy groups -OCH3 is 1. The minimum atomic E-state index is -0.704. The smallest absolute Gasteiger partial charge is 0.307 e. The van der Waals surface area contributed by atoms with E-state index < -0.39 is 12.0 Å². The summed E-state index contributed by atoms with van der Waals surface area (Å²) in [5.74, 6) is -1.02. The van der Waals surface area contributed by atoms with Crippen molar-refractivity contribution in [2.75, 3.05) is 45.2 Å². The van der Waals surface area contributed by atoms with Gasteiger partial charge in [-0.05, 0) is 25.0 Å². The van der Waals surface area contributed by atoms with Crippen LogP contribution in [-0.4, -0.2) is 79.4 Å². The number of nitrogens with one attached hydrogen (secondary N) is 2. The van der Waals surface area contributed by atoms with E-state index >= 15 is 0 Å². The second-order valence-electron chi connectivity index (χ2n) is 7.57. The molecule has 2 saturated heterocycles.